The summed E-state index contributed by atoms with van der Waals surface area (Å²) in [5.41, 5.74) is 0. The zero-order valence-electron chi connectivity index (χ0n) is 7.10. The summed E-state index contributed by atoms with van der Waals surface area (Å²) in [6.07, 6.45) is 4.67. The number of nitrogens with zero attached hydrogens (tertiary/aromatic N) is 1. The van der Waals surface area contributed by atoms with Gasteiger partial charge in [-0.15, -0.1) is 0 Å². The first kappa shape index (κ1) is 8.31. The van der Waals surface area contributed by atoms with Crippen LogP contribution < -0.4 is 0 Å². The summed E-state index contributed by atoms with van der Waals surface area (Å²) in [5, 5.41) is 0. The third-order valence-corrected chi connectivity index (χ3v) is 1.69. The van der Waals surface area contributed by atoms with Crippen molar-refractivity contribution in [2.45, 2.75) is 32.6 Å². The summed E-state index contributed by atoms with van der Waals surface area (Å²) >= 11 is 0. The third kappa shape index (κ3) is 2.74. The first-order valence-corrected chi connectivity index (χ1v) is 4.22. The van der Waals surface area contributed by atoms with Crippen LogP contribution in [0.25, 0.3) is 0 Å². The summed E-state index contributed by atoms with van der Waals surface area (Å²) < 4.78 is 5.26. The highest BCUT2D eigenvalue weighted by Gasteiger charge is 2.09. The molecule has 0 saturated heterocycles. The quantitative estimate of drug-likeness (QED) is 0.569. The number of ether oxygens (including phenoxy) is 1. The van der Waals surface area contributed by atoms with Gasteiger partial charge >= 0.3 is 0 Å². The Hall–Kier alpha value is -0.790. The molecule has 0 bridgehead atoms. The van der Waals surface area contributed by atoms with Crippen LogP contribution in [-0.4, -0.2) is 12.4 Å². The molecule has 0 atom stereocenters. The SMILES string of the molecule is C=C1CN=C(CCCCC)O1. The molecular weight excluding hydrogens is 138 g/mol. The van der Waals surface area contributed by atoms with E-state index in [1.165, 1.54) is 19.3 Å². The molecule has 0 spiro atoms. The highest BCUT2D eigenvalue weighted by molar-refractivity contribution is 5.78. The first-order valence-electron chi connectivity index (χ1n) is 4.22. The highest BCUT2D eigenvalue weighted by atomic mass is 16.5. The first-order chi connectivity index (χ1) is 5.33. The van der Waals surface area contributed by atoms with Gasteiger partial charge in [0.05, 0.1) is 6.54 Å². The van der Waals surface area contributed by atoms with Gasteiger partial charge in [-0.3, -0.25) is 0 Å². The Balaban J connectivity index is 2.13. The van der Waals surface area contributed by atoms with Gasteiger partial charge in [-0.1, -0.05) is 26.3 Å². The third-order valence-electron chi connectivity index (χ3n) is 1.69. The van der Waals surface area contributed by atoms with Gasteiger partial charge in [0.25, 0.3) is 0 Å². The van der Waals surface area contributed by atoms with Gasteiger partial charge in [-0.25, -0.2) is 4.99 Å². The van der Waals surface area contributed by atoms with Gasteiger partial charge in [-0.05, 0) is 6.42 Å². The van der Waals surface area contributed by atoms with E-state index in [9.17, 15) is 0 Å². The van der Waals surface area contributed by atoms with Crippen LogP contribution in [0.4, 0.5) is 0 Å². The minimum absolute atomic E-state index is 0.668. The van der Waals surface area contributed by atoms with Crippen LogP contribution in [0.3, 0.4) is 0 Å². The van der Waals surface area contributed by atoms with Crippen LogP contribution in [0.5, 0.6) is 0 Å². The number of hydrogen-bond acceptors (Lipinski definition) is 2. The van der Waals surface area contributed by atoms with E-state index in [0.29, 0.717) is 6.54 Å². The zero-order chi connectivity index (χ0) is 8.10. The summed E-state index contributed by atoms with van der Waals surface area (Å²) in [6.45, 7) is 6.55. The van der Waals surface area contributed by atoms with Gasteiger partial charge in [0.1, 0.15) is 5.76 Å². The van der Waals surface area contributed by atoms with Crippen LogP contribution in [-0.2, 0) is 4.74 Å². The van der Waals surface area contributed by atoms with Gasteiger partial charge in [0, 0.05) is 6.42 Å². The van der Waals surface area contributed by atoms with Gasteiger partial charge < -0.3 is 4.74 Å². The summed E-state index contributed by atoms with van der Waals surface area (Å²) in [5.74, 6) is 1.67. The average Bonchev–Trinajstić information content (AvgIpc) is 2.37. The Morgan fingerprint density at radius 2 is 2.36 bits per heavy atom. The minimum Gasteiger partial charge on any atom is -0.446 e. The summed E-state index contributed by atoms with van der Waals surface area (Å²) in [4.78, 5) is 4.18. The van der Waals surface area contributed by atoms with Crippen molar-refractivity contribution in [2.75, 3.05) is 6.54 Å². The fourth-order valence-corrected chi connectivity index (χ4v) is 1.06. The number of aliphatic imine (C=N–C) groups is 1. The van der Waals surface area contributed by atoms with Crippen molar-refractivity contribution in [3.8, 4) is 0 Å². The second-order valence-electron chi connectivity index (χ2n) is 2.81. The van der Waals surface area contributed by atoms with Crippen molar-refractivity contribution < 1.29 is 4.74 Å². The van der Waals surface area contributed by atoms with E-state index in [-0.39, 0.29) is 0 Å². The van der Waals surface area contributed by atoms with Gasteiger partial charge in [-0.2, -0.15) is 0 Å². The fourth-order valence-electron chi connectivity index (χ4n) is 1.06. The van der Waals surface area contributed by atoms with E-state index in [0.717, 1.165) is 18.1 Å². The molecule has 0 N–H and O–H groups in total. The number of rotatable bonds is 4. The van der Waals surface area contributed by atoms with Gasteiger partial charge in [0.2, 0.25) is 0 Å². The molecule has 0 radical (unpaired) electrons. The molecular formula is C9H15NO. The average molecular weight is 153 g/mol. The lowest BCUT2D eigenvalue weighted by Crippen LogP contribution is -1.96. The molecule has 1 aliphatic heterocycles. The number of hydrogen-bond donors (Lipinski definition) is 0. The Kier molecular flexibility index (Phi) is 3.14. The lowest BCUT2D eigenvalue weighted by molar-refractivity contribution is 0.425. The number of unbranched alkanes of at least 4 members (excludes halogenated alkanes) is 2. The van der Waals surface area contributed by atoms with Crippen molar-refractivity contribution in [2.24, 2.45) is 4.99 Å². The molecule has 2 nitrogen and oxygen atoms in total. The summed E-state index contributed by atoms with van der Waals surface area (Å²) in [7, 11) is 0. The lowest BCUT2D eigenvalue weighted by atomic mass is 10.2. The van der Waals surface area contributed by atoms with Crippen LogP contribution in [0, 0.1) is 0 Å². The van der Waals surface area contributed by atoms with Crippen molar-refractivity contribution in [1.82, 2.24) is 0 Å². The van der Waals surface area contributed by atoms with E-state index >= 15 is 0 Å². The van der Waals surface area contributed by atoms with E-state index in [2.05, 4.69) is 18.5 Å². The molecule has 0 unspecified atom stereocenters. The molecule has 0 aromatic heterocycles. The van der Waals surface area contributed by atoms with Crippen molar-refractivity contribution >= 4 is 5.90 Å². The Morgan fingerprint density at radius 3 is 2.91 bits per heavy atom. The maximum absolute atomic E-state index is 5.26. The molecule has 1 aliphatic rings. The molecule has 0 aromatic carbocycles. The largest absolute Gasteiger partial charge is 0.446 e. The van der Waals surface area contributed by atoms with Crippen molar-refractivity contribution in [1.29, 1.82) is 0 Å². The predicted octanol–water partition coefficient (Wildman–Crippen LogP) is 2.51. The van der Waals surface area contributed by atoms with Crippen LogP contribution in [0.1, 0.15) is 32.6 Å². The smallest absolute Gasteiger partial charge is 0.190 e. The van der Waals surface area contributed by atoms with Crippen LogP contribution in [0.15, 0.2) is 17.3 Å². The Bertz CT molecular complexity index is 172. The molecule has 1 rings (SSSR count). The minimum atomic E-state index is 0.668. The maximum atomic E-state index is 5.26. The van der Waals surface area contributed by atoms with Crippen molar-refractivity contribution in [3.05, 3.63) is 12.3 Å². The molecule has 11 heavy (non-hydrogen) atoms. The standard InChI is InChI=1S/C9H15NO/c1-3-4-5-6-9-10-7-8(2)11-9/h2-7H2,1H3. The molecule has 62 valence electrons. The second-order valence-corrected chi connectivity index (χ2v) is 2.81. The summed E-state index contributed by atoms with van der Waals surface area (Å²) in [6, 6.07) is 0. The molecule has 0 amide bonds. The Morgan fingerprint density at radius 1 is 1.55 bits per heavy atom. The molecule has 2 heteroatoms. The van der Waals surface area contributed by atoms with Crippen molar-refractivity contribution in [3.63, 3.8) is 0 Å². The predicted molar refractivity (Wildman–Crippen MR) is 46.7 cm³/mol. The normalized spacial score (nSPS) is 16.5. The molecule has 0 aliphatic carbocycles. The van der Waals surface area contributed by atoms with E-state index in [1.54, 1.807) is 0 Å². The lowest BCUT2D eigenvalue weighted by Gasteiger charge is -1.99. The van der Waals surface area contributed by atoms with Crippen LogP contribution >= 0.6 is 0 Å². The maximum Gasteiger partial charge on any atom is 0.190 e. The monoisotopic (exact) mass is 153 g/mol. The van der Waals surface area contributed by atoms with Crippen LogP contribution in [0.2, 0.25) is 0 Å². The molecule has 0 aromatic rings. The highest BCUT2D eigenvalue weighted by Crippen LogP contribution is 2.11. The Labute approximate surface area is 68.0 Å². The van der Waals surface area contributed by atoms with Gasteiger partial charge in [0.15, 0.2) is 5.90 Å². The van der Waals surface area contributed by atoms with E-state index in [1.807, 2.05) is 0 Å². The second kappa shape index (κ2) is 4.16. The van der Waals surface area contributed by atoms with E-state index in [4.69, 9.17) is 4.74 Å². The molecule has 1 heterocycles. The molecule has 0 fully saturated rings. The molecule has 0 saturated carbocycles. The fraction of sp³-hybridized carbons (Fsp3) is 0.667. The van der Waals surface area contributed by atoms with E-state index < -0.39 is 0 Å². The topological polar surface area (TPSA) is 21.6 Å². The zero-order valence-corrected chi connectivity index (χ0v) is 7.10.